The van der Waals surface area contributed by atoms with Gasteiger partial charge in [0.2, 0.25) is 0 Å². The molecule has 1 heterocycles. The van der Waals surface area contributed by atoms with Crippen LogP contribution >= 0.6 is 0 Å². The van der Waals surface area contributed by atoms with E-state index in [1.165, 1.54) is 22.3 Å². The maximum Gasteiger partial charge on any atom is 0.123 e. The number of halogens is 1. The molecule has 0 aromatic heterocycles. The lowest BCUT2D eigenvalue weighted by atomic mass is 9.90. The molecule has 0 saturated carbocycles. The number of benzene rings is 3. The van der Waals surface area contributed by atoms with Crippen LogP contribution in [0.4, 0.5) is 4.39 Å². The van der Waals surface area contributed by atoms with Crippen molar-refractivity contribution in [2.45, 2.75) is 32.0 Å². The van der Waals surface area contributed by atoms with Gasteiger partial charge in [0, 0.05) is 32.2 Å². The molecular formula is C25H27FN2. The zero-order chi connectivity index (χ0) is 19.2. The Kier molecular flexibility index (Phi) is 6.15. The summed E-state index contributed by atoms with van der Waals surface area (Å²) in [6.07, 6.45) is 2.00. The normalized spacial score (nSPS) is 16.7. The minimum atomic E-state index is -0.167. The zero-order valence-electron chi connectivity index (χ0n) is 16.2. The van der Waals surface area contributed by atoms with E-state index in [1.54, 1.807) is 12.1 Å². The molecule has 0 bridgehead atoms. The Labute approximate surface area is 167 Å². The third-order valence-electron chi connectivity index (χ3n) is 5.60. The largest absolute Gasteiger partial charge is 0.311 e. The third kappa shape index (κ3) is 4.86. The highest BCUT2D eigenvalue weighted by atomic mass is 19.1. The van der Waals surface area contributed by atoms with Gasteiger partial charge in [0.05, 0.1) is 0 Å². The molecule has 4 rings (SSSR count). The number of hydrogen-bond acceptors (Lipinski definition) is 2. The number of hydrogen-bond donors (Lipinski definition) is 1. The van der Waals surface area contributed by atoms with E-state index in [2.05, 4.69) is 64.8 Å². The van der Waals surface area contributed by atoms with Crippen molar-refractivity contribution in [1.82, 2.24) is 10.2 Å². The molecule has 2 nitrogen and oxygen atoms in total. The maximum absolute atomic E-state index is 13.3. The van der Waals surface area contributed by atoms with E-state index < -0.39 is 0 Å². The van der Waals surface area contributed by atoms with Gasteiger partial charge in [-0.15, -0.1) is 0 Å². The minimum Gasteiger partial charge on any atom is -0.311 e. The molecule has 1 atom stereocenters. The van der Waals surface area contributed by atoms with Crippen LogP contribution in [0.3, 0.4) is 0 Å². The molecule has 1 N–H and O–H groups in total. The van der Waals surface area contributed by atoms with E-state index in [1.807, 2.05) is 12.1 Å². The summed E-state index contributed by atoms with van der Waals surface area (Å²) in [6.45, 7) is 3.84. The lowest BCUT2D eigenvalue weighted by Crippen LogP contribution is -2.44. The summed E-state index contributed by atoms with van der Waals surface area (Å²) < 4.78 is 13.3. The number of rotatable bonds is 7. The fourth-order valence-electron chi connectivity index (χ4n) is 4.05. The summed E-state index contributed by atoms with van der Waals surface area (Å²) in [6, 6.07) is 26.7. The Morgan fingerprint density at radius 3 is 2.32 bits per heavy atom. The highest BCUT2D eigenvalue weighted by Gasteiger charge is 2.25. The van der Waals surface area contributed by atoms with E-state index in [4.69, 9.17) is 0 Å². The highest BCUT2D eigenvalue weighted by molar-refractivity contribution is 5.31. The van der Waals surface area contributed by atoms with Gasteiger partial charge < -0.3 is 5.32 Å². The molecule has 1 aliphatic heterocycles. The van der Waals surface area contributed by atoms with Crippen molar-refractivity contribution in [2.75, 3.05) is 13.1 Å². The molecule has 3 aromatic rings. The van der Waals surface area contributed by atoms with E-state index in [0.29, 0.717) is 6.04 Å². The van der Waals surface area contributed by atoms with E-state index in [9.17, 15) is 4.39 Å². The molecule has 0 fully saturated rings. The van der Waals surface area contributed by atoms with Gasteiger partial charge in [-0.1, -0.05) is 66.7 Å². The lowest BCUT2D eigenvalue weighted by Gasteiger charge is -2.37. The van der Waals surface area contributed by atoms with Crippen molar-refractivity contribution in [3.05, 3.63) is 107 Å². The van der Waals surface area contributed by atoms with Crippen molar-refractivity contribution in [2.24, 2.45) is 0 Å². The second-order valence-corrected chi connectivity index (χ2v) is 7.59. The first kappa shape index (κ1) is 18.9. The SMILES string of the molecule is Fc1ccc(CC2Cc3ccccc3CN2CCNCc2ccccc2)cc1. The van der Waals surface area contributed by atoms with Crippen molar-refractivity contribution >= 4 is 0 Å². The first-order valence-corrected chi connectivity index (χ1v) is 10.1. The summed E-state index contributed by atoms with van der Waals surface area (Å²) in [7, 11) is 0. The molecule has 144 valence electrons. The first-order chi connectivity index (χ1) is 13.8. The van der Waals surface area contributed by atoms with Gasteiger partial charge in [-0.3, -0.25) is 4.90 Å². The van der Waals surface area contributed by atoms with Gasteiger partial charge in [-0.25, -0.2) is 4.39 Å². The van der Waals surface area contributed by atoms with Crippen molar-refractivity contribution in [1.29, 1.82) is 0 Å². The van der Waals surface area contributed by atoms with E-state index in [0.717, 1.165) is 39.0 Å². The average Bonchev–Trinajstić information content (AvgIpc) is 2.74. The molecule has 0 saturated heterocycles. The fraction of sp³-hybridized carbons (Fsp3) is 0.280. The van der Waals surface area contributed by atoms with Crippen molar-refractivity contribution < 1.29 is 4.39 Å². The van der Waals surface area contributed by atoms with Crippen molar-refractivity contribution in [3.8, 4) is 0 Å². The average molecular weight is 375 g/mol. The van der Waals surface area contributed by atoms with Crippen molar-refractivity contribution in [3.63, 3.8) is 0 Å². The second-order valence-electron chi connectivity index (χ2n) is 7.59. The molecule has 0 radical (unpaired) electrons. The van der Waals surface area contributed by atoms with Crippen LogP contribution in [-0.2, 0) is 25.9 Å². The summed E-state index contributed by atoms with van der Waals surface area (Å²) in [4.78, 5) is 2.57. The van der Waals surface area contributed by atoms with Crippen LogP contribution in [0.2, 0.25) is 0 Å². The molecule has 1 aliphatic rings. The summed E-state index contributed by atoms with van der Waals surface area (Å²) in [5.41, 5.74) is 5.39. The minimum absolute atomic E-state index is 0.167. The lowest BCUT2D eigenvalue weighted by molar-refractivity contribution is 0.170. The van der Waals surface area contributed by atoms with Crippen LogP contribution in [0.5, 0.6) is 0 Å². The maximum atomic E-state index is 13.3. The van der Waals surface area contributed by atoms with Crippen LogP contribution in [0, 0.1) is 5.82 Å². The number of nitrogens with zero attached hydrogens (tertiary/aromatic N) is 1. The third-order valence-corrected chi connectivity index (χ3v) is 5.60. The molecule has 0 aliphatic carbocycles. The van der Waals surface area contributed by atoms with E-state index in [-0.39, 0.29) is 5.82 Å². The first-order valence-electron chi connectivity index (χ1n) is 10.1. The van der Waals surface area contributed by atoms with Crippen LogP contribution in [-0.4, -0.2) is 24.0 Å². The smallest absolute Gasteiger partial charge is 0.123 e. The Morgan fingerprint density at radius 1 is 0.821 bits per heavy atom. The second kappa shape index (κ2) is 9.13. The van der Waals surface area contributed by atoms with Crippen LogP contribution in [0.1, 0.15) is 22.3 Å². The Balaban J connectivity index is 1.40. The Bertz CT molecular complexity index is 877. The molecule has 28 heavy (non-hydrogen) atoms. The van der Waals surface area contributed by atoms with Gasteiger partial charge in [-0.05, 0) is 47.2 Å². The van der Waals surface area contributed by atoms with E-state index >= 15 is 0 Å². The van der Waals surface area contributed by atoms with Crippen LogP contribution in [0.15, 0.2) is 78.9 Å². The predicted octanol–water partition coefficient (Wildman–Crippen LogP) is 4.58. The molecule has 1 unspecified atom stereocenters. The van der Waals surface area contributed by atoms with Gasteiger partial charge in [0.25, 0.3) is 0 Å². The molecular weight excluding hydrogens is 347 g/mol. The Morgan fingerprint density at radius 2 is 1.54 bits per heavy atom. The quantitative estimate of drug-likeness (QED) is 0.609. The predicted molar refractivity (Wildman–Crippen MR) is 113 cm³/mol. The topological polar surface area (TPSA) is 15.3 Å². The van der Waals surface area contributed by atoms with Gasteiger partial charge in [-0.2, -0.15) is 0 Å². The monoisotopic (exact) mass is 374 g/mol. The molecule has 0 spiro atoms. The Hall–Kier alpha value is -2.49. The summed E-state index contributed by atoms with van der Waals surface area (Å²) >= 11 is 0. The molecule has 3 aromatic carbocycles. The van der Waals surface area contributed by atoms with Crippen LogP contribution in [0.25, 0.3) is 0 Å². The highest BCUT2D eigenvalue weighted by Crippen LogP contribution is 2.25. The summed E-state index contributed by atoms with van der Waals surface area (Å²) in [5.74, 6) is -0.167. The van der Waals surface area contributed by atoms with Gasteiger partial charge in [0.1, 0.15) is 5.82 Å². The zero-order valence-corrected chi connectivity index (χ0v) is 16.2. The molecule has 0 amide bonds. The van der Waals surface area contributed by atoms with Gasteiger partial charge >= 0.3 is 0 Å². The standard InChI is InChI=1S/C25H27FN2/c26-24-12-10-20(11-13-24)16-25-17-22-8-4-5-9-23(22)19-28(25)15-14-27-18-21-6-2-1-3-7-21/h1-13,25,27H,14-19H2. The summed E-state index contributed by atoms with van der Waals surface area (Å²) in [5, 5.41) is 3.57. The number of fused-ring (bicyclic) bond motifs is 1. The van der Waals surface area contributed by atoms with Gasteiger partial charge in [0.15, 0.2) is 0 Å². The van der Waals surface area contributed by atoms with Crippen LogP contribution < -0.4 is 5.32 Å². The molecule has 3 heteroatoms. The fourth-order valence-corrected chi connectivity index (χ4v) is 4.05. The number of nitrogens with one attached hydrogen (secondary N) is 1.